The number of aliphatic carboxylic acids is 1. The van der Waals surface area contributed by atoms with Crippen LogP contribution < -0.4 is 21.6 Å². The Labute approximate surface area is 259 Å². The molecule has 3 atom stereocenters. The number of nitrogens with one attached hydrogen (secondary N) is 2. The quantitative estimate of drug-likeness (QED) is 0.216. The SMILES string of the molecule is Cc1ccc(C(CC(=O)O)NC(=O)[C@@H]2C[C@@H](NC(=O)c3ccc4c(c3)B(O)OC4)CN2C(=O)c2ccc3c(c2)B(O)OC3)cc1. The molecule has 1 fully saturated rings. The van der Waals surface area contributed by atoms with E-state index in [4.69, 9.17) is 9.31 Å². The molecule has 5 N–H and O–H groups in total. The first-order valence-corrected chi connectivity index (χ1v) is 14.6. The first kappa shape index (κ1) is 30.5. The Bertz CT molecular complexity index is 1670. The summed E-state index contributed by atoms with van der Waals surface area (Å²) in [6, 6.07) is 14.3. The highest BCUT2D eigenvalue weighted by molar-refractivity contribution is 6.62. The molecule has 3 aromatic rings. The molecule has 3 amide bonds. The maximum Gasteiger partial charge on any atom is 0.491 e. The average molecular weight is 611 g/mol. The highest BCUT2D eigenvalue weighted by Crippen LogP contribution is 2.25. The maximum absolute atomic E-state index is 13.9. The summed E-state index contributed by atoms with van der Waals surface area (Å²) in [4.78, 5) is 54.0. The van der Waals surface area contributed by atoms with Crippen molar-refractivity contribution in [3.63, 3.8) is 0 Å². The summed E-state index contributed by atoms with van der Waals surface area (Å²) >= 11 is 0. The molecular weight excluding hydrogens is 580 g/mol. The van der Waals surface area contributed by atoms with Crippen LogP contribution in [0.4, 0.5) is 0 Å². The second kappa shape index (κ2) is 12.5. The number of aryl methyl sites for hydroxylation is 1. The Morgan fingerprint density at radius 1 is 0.911 bits per heavy atom. The molecule has 0 spiro atoms. The fourth-order valence-corrected chi connectivity index (χ4v) is 6.05. The topological polar surface area (TPSA) is 175 Å². The predicted octanol–water partition coefficient (Wildman–Crippen LogP) is -0.224. The van der Waals surface area contributed by atoms with Gasteiger partial charge in [-0.25, -0.2) is 0 Å². The minimum atomic E-state index is -1.17. The minimum absolute atomic E-state index is 0.00358. The third-order valence-corrected chi connectivity index (χ3v) is 8.50. The molecule has 230 valence electrons. The number of likely N-dealkylation sites (tertiary alicyclic amines) is 1. The zero-order valence-corrected chi connectivity index (χ0v) is 24.4. The van der Waals surface area contributed by atoms with Crippen LogP contribution in [-0.2, 0) is 32.1 Å². The molecule has 0 bridgehead atoms. The third-order valence-electron chi connectivity index (χ3n) is 8.50. The van der Waals surface area contributed by atoms with Gasteiger partial charge in [-0.3, -0.25) is 19.2 Å². The van der Waals surface area contributed by atoms with Crippen LogP contribution in [0.15, 0.2) is 60.7 Å². The number of benzene rings is 3. The van der Waals surface area contributed by atoms with Gasteiger partial charge in [0.15, 0.2) is 0 Å². The van der Waals surface area contributed by atoms with Crippen molar-refractivity contribution in [1.82, 2.24) is 15.5 Å². The molecule has 14 heteroatoms. The van der Waals surface area contributed by atoms with E-state index in [9.17, 15) is 34.3 Å². The van der Waals surface area contributed by atoms with Gasteiger partial charge < -0.3 is 40.0 Å². The van der Waals surface area contributed by atoms with Gasteiger partial charge in [-0.15, -0.1) is 0 Å². The second-order valence-corrected chi connectivity index (χ2v) is 11.6. The van der Waals surface area contributed by atoms with Crippen LogP contribution in [0.1, 0.15) is 61.9 Å². The summed E-state index contributed by atoms with van der Waals surface area (Å²) in [5, 5.41) is 35.5. The molecule has 1 unspecified atom stereocenters. The van der Waals surface area contributed by atoms with E-state index in [0.29, 0.717) is 16.5 Å². The second-order valence-electron chi connectivity index (χ2n) is 11.6. The van der Waals surface area contributed by atoms with Crippen molar-refractivity contribution in [2.75, 3.05) is 6.54 Å². The van der Waals surface area contributed by atoms with Gasteiger partial charge in [0, 0.05) is 23.7 Å². The summed E-state index contributed by atoms with van der Waals surface area (Å²) in [7, 11) is -2.29. The van der Waals surface area contributed by atoms with Crippen molar-refractivity contribution >= 4 is 48.9 Å². The Hall–Kier alpha value is -4.49. The van der Waals surface area contributed by atoms with Crippen LogP contribution in [0, 0.1) is 6.92 Å². The molecule has 3 aliphatic heterocycles. The number of carboxylic acid groups (broad SMARTS) is 1. The standard InChI is InChI=1S/C31H31B2N3O9/c1-17-2-4-18(5-3-17)26(13-28(37)38)35-30(40)27-12-23(34-29(39)19-6-8-21-15-44-32(42)24(21)10-19)14-36(27)31(41)20-7-9-22-16-45-33(43)25(22)11-20/h2-11,23,26-27,42-43H,12-16H2,1H3,(H,34,39)(H,35,40)(H,37,38)/t23-,26?,27+/m1/s1. The van der Waals surface area contributed by atoms with E-state index in [1.807, 2.05) is 19.1 Å². The number of hydrogen-bond donors (Lipinski definition) is 5. The lowest BCUT2D eigenvalue weighted by molar-refractivity contribution is -0.138. The minimum Gasteiger partial charge on any atom is -0.481 e. The molecule has 3 aliphatic rings. The smallest absolute Gasteiger partial charge is 0.481 e. The van der Waals surface area contributed by atoms with Crippen LogP contribution in [0.2, 0.25) is 0 Å². The zero-order chi connectivity index (χ0) is 31.8. The Morgan fingerprint density at radius 2 is 1.51 bits per heavy atom. The number of nitrogens with zero attached hydrogens (tertiary/aromatic N) is 1. The van der Waals surface area contributed by atoms with Crippen LogP contribution in [0.25, 0.3) is 0 Å². The molecule has 0 saturated carbocycles. The normalized spacial score (nSPS) is 19.2. The number of fused-ring (bicyclic) bond motifs is 2. The van der Waals surface area contributed by atoms with Gasteiger partial charge in [0.05, 0.1) is 25.7 Å². The molecule has 6 rings (SSSR count). The molecular formula is C31H31B2N3O9. The van der Waals surface area contributed by atoms with E-state index in [2.05, 4.69) is 10.6 Å². The molecule has 3 aromatic carbocycles. The maximum atomic E-state index is 13.9. The van der Waals surface area contributed by atoms with Gasteiger partial charge in [-0.05, 0) is 65.2 Å². The largest absolute Gasteiger partial charge is 0.491 e. The summed E-state index contributed by atoms with van der Waals surface area (Å²) in [5.41, 5.74) is 4.60. The van der Waals surface area contributed by atoms with E-state index in [1.165, 1.54) is 11.0 Å². The monoisotopic (exact) mass is 611 g/mol. The number of carboxylic acids is 1. The lowest BCUT2D eigenvalue weighted by Crippen LogP contribution is -2.47. The van der Waals surface area contributed by atoms with Crippen molar-refractivity contribution in [1.29, 1.82) is 0 Å². The highest BCUT2D eigenvalue weighted by atomic mass is 16.5. The van der Waals surface area contributed by atoms with Crippen LogP contribution in [0.3, 0.4) is 0 Å². The predicted molar refractivity (Wildman–Crippen MR) is 163 cm³/mol. The van der Waals surface area contributed by atoms with E-state index < -0.39 is 56.1 Å². The number of rotatable bonds is 8. The van der Waals surface area contributed by atoms with Crippen LogP contribution in [0.5, 0.6) is 0 Å². The molecule has 0 aromatic heterocycles. The Balaban J connectivity index is 1.25. The molecule has 0 radical (unpaired) electrons. The Kier molecular flexibility index (Phi) is 8.47. The van der Waals surface area contributed by atoms with Crippen molar-refractivity contribution in [2.45, 2.75) is 51.1 Å². The number of hydrogen-bond acceptors (Lipinski definition) is 8. The zero-order valence-electron chi connectivity index (χ0n) is 24.4. The molecule has 0 aliphatic carbocycles. The van der Waals surface area contributed by atoms with Crippen molar-refractivity contribution < 1.29 is 43.6 Å². The summed E-state index contributed by atoms with van der Waals surface area (Å²) in [5.74, 6) is -2.60. The van der Waals surface area contributed by atoms with Gasteiger partial charge in [0.2, 0.25) is 5.91 Å². The summed E-state index contributed by atoms with van der Waals surface area (Å²) in [6.45, 7) is 2.35. The fraction of sp³-hybridized carbons (Fsp3) is 0.290. The molecule has 12 nitrogen and oxygen atoms in total. The van der Waals surface area contributed by atoms with Gasteiger partial charge in [-0.1, -0.05) is 42.0 Å². The first-order chi connectivity index (χ1) is 21.6. The lowest BCUT2D eigenvalue weighted by Gasteiger charge is -2.26. The van der Waals surface area contributed by atoms with Crippen molar-refractivity contribution in [3.05, 3.63) is 94.0 Å². The van der Waals surface area contributed by atoms with E-state index in [1.54, 1.807) is 42.5 Å². The van der Waals surface area contributed by atoms with E-state index >= 15 is 0 Å². The average Bonchev–Trinajstić information content (AvgIpc) is 3.73. The van der Waals surface area contributed by atoms with E-state index in [-0.39, 0.29) is 43.7 Å². The molecule has 1 saturated heterocycles. The summed E-state index contributed by atoms with van der Waals surface area (Å²) < 4.78 is 10.5. The van der Waals surface area contributed by atoms with Gasteiger partial charge in [0.1, 0.15) is 6.04 Å². The number of amides is 3. The van der Waals surface area contributed by atoms with Crippen molar-refractivity contribution in [2.24, 2.45) is 0 Å². The number of carbonyl (C=O) groups is 4. The van der Waals surface area contributed by atoms with Crippen LogP contribution >= 0.6 is 0 Å². The molecule has 3 heterocycles. The van der Waals surface area contributed by atoms with Crippen LogP contribution in [-0.4, -0.2) is 76.6 Å². The van der Waals surface area contributed by atoms with Gasteiger partial charge >= 0.3 is 20.2 Å². The van der Waals surface area contributed by atoms with Gasteiger partial charge in [-0.2, -0.15) is 0 Å². The Morgan fingerprint density at radius 3 is 2.13 bits per heavy atom. The van der Waals surface area contributed by atoms with E-state index in [0.717, 1.165) is 16.7 Å². The lowest BCUT2D eigenvalue weighted by atomic mass is 9.78. The first-order valence-electron chi connectivity index (χ1n) is 14.6. The summed E-state index contributed by atoms with van der Waals surface area (Å²) in [6.07, 6.45) is -0.295. The number of carbonyl (C=O) groups excluding carboxylic acids is 3. The van der Waals surface area contributed by atoms with Crippen molar-refractivity contribution in [3.8, 4) is 0 Å². The fourth-order valence-electron chi connectivity index (χ4n) is 6.05. The van der Waals surface area contributed by atoms with Gasteiger partial charge in [0.25, 0.3) is 11.8 Å². The third kappa shape index (κ3) is 6.36. The molecule has 45 heavy (non-hydrogen) atoms. The highest BCUT2D eigenvalue weighted by Gasteiger charge is 2.42.